The molecule has 3 nitrogen and oxygen atoms in total. The first-order chi connectivity index (χ1) is 9.32. The number of rotatable bonds is 2. The van der Waals surface area contributed by atoms with Crippen molar-refractivity contribution in [1.82, 2.24) is 4.90 Å². The van der Waals surface area contributed by atoms with Crippen LogP contribution in [-0.2, 0) is 4.74 Å². The molecule has 0 spiro atoms. The van der Waals surface area contributed by atoms with E-state index in [-0.39, 0.29) is 17.6 Å². The van der Waals surface area contributed by atoms with E-state index in [1.165, 1.54) is 0 Å². The third-order valence-electron chi connectivity index (χ3n) is 3.36. The highest BCUT2D eigenvalue weighted by atomic mass is 79.9. The number of carbonyl (C=O) groups excluding carboxylic acids is 1. The van der Waals surface area contributed by atoms with Gasteiger partial charge in [0, 0.05) is 29.0 Å². The number of alkyl halides is 1. The van der Waals surface area contributed by atoms with Crippen LogP contribution in [0.4, 0.5) is 0 Å². The van der Waals surface area contributed by atoms with Gasteiger partial charge in [-0.3, -0.25) is 4.79 Å². The van der Waals surface area contributed by atoms with E-state index in [2.05, 4.69) is 15.9 Å². The second-order valence-corrected chi connectivity index (χ2v) is 6.86. The summed E-state index contributed by atoms with van der Waals surface area (Å²) in [5.74, 6) is 0.00854. The largest absolute Gasteiger partial charge is 0.368 e. The first-order valence-electron chi connectivity index (χ1n) is 6.61. The number of carbonyl (C=O) groups is 1. The van der Waals surface area contributed by atoms with Gasteiger partial charge in [-0.1, -0.05) is 33.6 Å². The lowest BCUT2D eigenvalue weighted by atomic mass is 10.0. The molecule has 0 N–H and O–H groups in total. The smallest absolute Gasteiger partial charge is 0.254 e. The van der Waals surface area contributed by atoms with Gasteiger partial charge < -0.3 is 9.64 Å². The normalized spacial score (nSPS) is 21.9. The van der Waals surface area contributed by atoms with E-state index in [0.29, 0.717) is 23.7 Å². The number of benzene rings is 1. The fraction of sp³-hybridized carbons (Fsp3) is 0.533. The summed E-state index contributed by atoms with van der Waals surface area (Å²) < 4.78 is 5.92. The van der Waals surface area contributed by atoms with E-state index < -0.39 is 0 Å². The second kappa shape index (κ2) is 6.04. The maximum atomic E-state index is 12.6. The highest BCUT2D eigenvalue weighted by molar-refractivity contribution is 9.09. The Morgan fingerprint density at radius 3 is 2.85 bits per heavy atom. The van der Waals surface area contributed by atoms with Crippen molar-refractivity contribution in [3.63, 3.8) is 0 Å². The van der Waals surface area contributed by atoms with Gasteiger partial charge in [0.15, 0.2) is 0 Å². The minimum absolute atomic E-state index is 0.00854. The zero-order valence-corrected chi connectivity index (χ0v) is 14.3. The Bertz CT molecular complexity index is 519. The number of morpholine rings is 1. The Hall–Kier alpha value is -0.580. The average molecular weight is 361 g/mol. The van der Waals surface area contributed by atoms with E-state index in [1.54, 1.807) is 6.07 Å². The topological polar surface area (TPSA) is 29.5 Å². The van der Waals surface area contributed by atoms with Crippen LogP contribution in [0.15, 0.2) is 18.2 Å². The molecule has 1 aliphatic heterocycles. The van der Waals surface area contributed by atoms with E-state index in [4.69, 9.17) is 16.3 Å². The highest BCUT2D eigenvalue weighted by Crippen LogP contribution is 2.24. The number of aryl methyl sites for hydroxylation is 1. The van der Waals surface area contributed by atoms with Crippen LogP contribution in [-0.4, -0.2) is 40.9 Å². The molecule has 2 rings (SSSR count). The number of hydrogen-bond acceptors (Lipinski definition) is 2. The quantitative estimate of drug-likeness (QED) is 0.753. The molecule has 1 saturated heterocycles. The van der Waals surface area contributed by atoms with Gasteiger partial charge in [-0.25, -0.2) is 0 Å². The Kier molecular flexibility index (Phi) is 4.77. The summed E-state index contributed by atoms with van der Waals surface area (Å²) in [5.41, 5.74) is 1.27. The molecule has 0 aliphatic carbocycles. The second-order valence-electron chi connectivity index (χ2n) is 5.80. The Labute approximate surface area is 133 Å². The van der Waals surface area contributed by atoms with Crippen molar-refractivity contribution in [3.05, 3.63) is 34.3 Å². The molecule has 1 aromatic carbocycles. The fourth-order valence-electron chi connectivity index (χ4n) is 2.44. The lowest BCUT2D eigenvalue weighted by Crippen LogP contribution is -2.55. The van der Waals surface area contributed by atoms with Crippen molar-refractivity contribution in [3.8, 4) is 0 Å². The molecule has 1 aromatic rings. The van der Waals surface area contributed by atoms with Crippen LogP contribution in [0, 0.1) is 6.92 Å². The molecule has 1 fully saturated rings. The summed E-state index contributed by atoms with van der Waals surface area (Å²) in [7, 11) is 0. The Balaban J connectivity index is 2.21. The predicted molar refractivity (Wildman–Crippen MR) is 84.8 cm³/mol. The molecule has 1 aliphatic rings. The maximum absolute atomic E-state index is 12.6. The highest BCUT2D eigenvalue weighted by Gasteiger charge is 2.35. The van der Waals surface area contributed by atoms with E-state index in [9.17, 15) is 4.79 Å². The first-order valence-corrected chi connectivity index (χ1v) is 8.11. The van der Waals surface area contributed by atoms with Crippen LogP contribution in [0.25, 0.3) is 0 Å². The van der Waals surface area contributed by atoms with Crippen LogP contribution < -0.4 is 0 Å². The summed E-state index contributed by atoms with van der Waals surface area (Å²) in [6, 6.07) is 5.45. The summed E-state index contributed by atoms with van der Waals surface area (Å²) in [6.45, 7) is 7.11. The first kappa shape index (κ1) is 15.8. The van der Waals surface area contributed by atoms with Crippen molar-refractivity contribution in [1.29, 1.82) is 0 Å². The van der Waals surface area contributed by atoms with Crippen molar-refractivity contribution >= 4 is 33.4 Å². The van der Waals surface area contributed by atoms with E-state index >= 15 is 0 Å². The molecule has 0 aromatic heterocycles. The third-order valence-corrected chi connectivity index (χ3v) is 4.49. The predicted octanol–water partition coefficient (Wildman–Crippen LogP) is 3.66. The van der Waals surface area contributed by atoms with Gasteiger partial charge in [0.25, 0.3) is 5.91 Å². The number of halogens is 2. The molecular weight excluding hydrogens is 342 g/mol. The summed E-state index contributed by atoms with van der Waals surface area (Å²) in [5, 5.41) is 1.34. The van der Waals surface area contributed by atoms with Gasteiger partial charge in [0.1, 0.15) is 0 Å². The fourth-order valence-corrected chi connectivity index (χ4v) is 2.96. The Morgan fingerprint density at radius 1 is 1.55 bits per heavy atom. The SMILES string of the molecule is Cc1ccc(C(=O)N2CC(CBr)OC(C)(C)C2)cc1Cl. The minimum Gasteiger partial charge on any atom is -0.368 e. The number of hydrogen-bond donors (Lipinski definition) is 0. The lowest BCUT2D eigenvalue weighted by molar-refractivity contribution is -0.116. The van der Waals surface area contributed by atoms with Crippen molar-refractivity contribution in [2.75, 3.05) is 18.4 Å². The van der Waals surface area contributed by atoms with Crippen LogP contribution in [0.5, 0.6) is 0 Å². The zero-order valence-electron chi connectivity index (χ0n) is 12.0. The molecule has 5 heteroatoms. The maximum Gasteiger partial charge on any atom is 0.254 e. The van der Waals surface area contributed by atoms with Gasteiger partial charge in [-0.15, -0.1) is 0 Å². The molecule has 1 heterocycles. The van der Waals surface area contributed by atoms with Crippen LogP contribution in [0.1, 0.15) is 29.8 Å². The van der Waals surface area contributed by atoms with E-state index in [0.717, 1.165) is 10.9 Å². The lowest BCUT2D eigenvalue weighted by Gasteiger charge is -2.42. The number of amides is 1. The van der Waals surface area contributed by atoms with Crippen LogP contribution in [0.2, 0.25) is 5.02 Å². The summed E-state index contributed by atoms with van der Waals surface area (Å²) >= 11 is 9.54. The molecule has 20 heavy (non-hydrogen) atoms. The third kappa shape index (κ3) is 3.54. The van der Waals surface area contributed by atoms with Gasteiger partial charge in [-0.2, -0.15) is 0 Å². The minimum atomic E-state index is -0.333. The zero-order chi connectivity index (χ0) is 14.9. The van der Waals surface area contributed by atoms with Gasteiger partial charge in [0.05, 0.1) is 11.7 Å². The van der Waals surface area contributed by atoms with Crippen LogP contribution >= 0.6 is 27.5 Å². The Morgan fingerprint density at radius 2 is 2.25 bits per heavy atom. The molecule has 1 unspecified atom stereocenters. The van der Waals surface area contributed by atoms with Crippen molar-refractivity contribution in [2.45, 2.75) is 32.5 Å². The molecule has 1 amide bonds. The van der Waals surface area contributed by atoms with Crippen molar-refractivity contribution in [2.24, 2.45) is 0 Å². The monoisotopic (exact) mass is 359 g/mol. The number of nitrogens with zero attached hydrogens (tertiary/aromatic N) is 1. The molecule has 110 valence electrons. The molecular formula is C15H19BrClNO2. The van der Waals surface area contributed by atoms with Crippen molar-refractivity contribution < 1.29 is 9.53 Å². The van der Waals surface area contributed by atoms with Crippen LogP contribution in [0.3, 0.4) is 0 Å². The van der Waals surface area contributed by atoms with Gasteiger partial charge in [0.2, 0.25) is 0 Å². The van der Waals surface area contributed by atoms with Gasteiger partial charge in [-0.05, 0) is 38.5 Å². The molecule has 0 saturated carbocycles. The number of ether oxygens (including phenoxy) is 1. The molecule has 0 bridgehead atoms. The molecule has 1 atom stereocenters. The summed E-state index contributed by atoms with van der Waals surface area (Å²) in [4.78, 5) is 14.5. The standard InChI is InChI=1S/C15H19BrClNO2/c1-10-4-5-11(6-13(10)17)14(19)18-8-12(7-16)20-15(2,3)9-18/h4-6,12H,7-9H2,1-3H3. The van der Waals surface area contributed by atoms with E-state index in [1.807, 2.05) is 37.8 Å². The average Bonchev–Trinajstić information content (AvgIpc) is 2.39. The molecule has 0 radical (unpaired) electrons. The van der Waals surface area contributed by atoms with Gasteiger partial charge >= 0.3 is 0 Å². The summed E-state index contributed by atoms with van der Waals surface area (Å²) in [6.07, 6.45) is 0.0172.